The summed E-state index contributed by atoms with van der Waals surface area (Å²) < 4.78 is 0. The fourth-order valence-corrected chi connectivity index (χ4v) is 4.76. The van der Waals surface area contributed by atoms with Gasteiger partial charge in [0.2, 0.25) is 5.91 Å². The lowest BCUT2D eigenvalue weighted by Crippen LogP contribution is -2.53. The van der Waals surface area contributed by atoms with Crippen LogP contribution >= 0.6 is 0 Å². The summed E-state index contributed by atoms with van der Waals surface area (Å²) in [5.74, 6) is -0.0726. The summed E-state index contributed by atoms with van der Waals surface area (Å²) in [4.78, 5) is 45.1. The second-order valence-electron chi connectivity index (χ2n) is 9.24. The third kappa shape index (κ3) is 5.33. The van der Waals surface area contributed by atoms with Crippen LogP contribution in [0.25, 0.3) is 0 Å². The molecule has 33 heavy (non-hydrogen) atoms. The molecular weight excluding hydrogens is 414 g/mol. The number of aryl methyl sites for hydroxylation is 1. The fourth-order valence-electron chi connectivity index (χ4n) is 4.76. The Kier molecular flexibility index (Phi) is 7.23. The number of hydrogen-bond acceptors (Lipinski definition) is 4. The zero-order valence-corrected chi connectivity index (χ0v) is 19.6. The molecule has 0 aromatic heterocycles. The molecule has 2 heterocycles. The number of piperidine rings is 1. The molecule has 2 aromatic rings. The van der Waals surface area contributed by atoms with Crippen LogP contribution in [0.1, 0.15) is 58.0 Å². The lowest BCUT2D eigenvalue weighted by molar-refractivity contribution is -0.136. The van der Waals surface area contributed by atoms with Gasteiger partial charge in [-0.3, -0.25) is 19.3 Å². The van der Waals surface area contributed by atoms with Crippen LogP contribution in [0.4, 0.5) is 0 Å². The first-order valence-corrected chi connectivity index (χ1v) is 12.0. The summed E-state index contributed by atoms with van der Waals surface area (Å²) in [6.45, 7) is 7.79. The van der Waals surface area contributed by atoms with Gasteiger partial charge in [0.1, 0.15) is 0 Å². The number of carbonyl (C=O) groups is 3. The highest BCUT2D eigenvalue weighted by Crippen LogP contribution is 2.19. The van der Waals surface area contributed by atoms with Gasteiger partial charge in [-0.2, -0.15) is 0 Å². The lowest BCUT2D eigenvalue weighted by atomic mass is 9.97. The van der Waals surface area contributed by atoms with Crippen molar-refractivity contribution in [1.82, 2.24) is 14.7 Å². The number of hydrogen-bond donors (Lipinski definition) is 0. The third-order valence-electron chi connectivity index (χ3n) is 6.86. The van der Waals surface area contributed by atoms with E-state index in [1.165, 1.54) is 6.42 Å². The van der Waals surface area contributed by atoms with Gasteiger partial charge in [-0.05, 0) is 39.2 Å². The molecular formula is C27H33N3O3. The van der Waals surface area contributed by atoms with Crippen molar-refractivity contribution in [2.75, 3.05) is 39.3 Å². The lowest BCUT2D eigenvalue weighted by Gasteiger charge is -2.38. The Balaban J connectivity index is 1.38. The first kappa shape index (κ1) is 23.2. The van der Waals surface area contributed by atoms with Crippen LogP contribution in [0.2, 0.25) is 0 Å². The normalized spacial score (nSPS) is 19.4. The van der Waals surface area contributed by atoms with E-state index in [4.69, 9.17) is 0 Å². The summed E-state index contributed by atoms with van der Waals surface area (Å²) >= 11 is 0. The first-order chi connectivity index (χ1) is 15.9. The summed E-state index contributed by atoms with van der Waals surface area (Å²) in [6.07, 6.45) is 3.35. The molecule has 6 heteroatoms. The topological polar surface area (TPSA) is 60.9 Å². The van der Waals surface area contributed by atoms with Gasteiger partial charge in [0.25, 0.3) is 5.91 Å². The Labute approximate surface area is 196 Å². The Hall–Kier alpha value is -2.99. The maximum Gasteiger partial charge on any atom is 0.254 e. The van der Waals surface area contributed by atoms with Crippen LogP contribution in [0, 0.1) is 6.92 Å². The molecule has 2 aliphatic rings. The average molecular weight is 448 g/mol. The average Bonchev–Trinajstić information content (AvgIpc) is 2.84. The second-order valence-corrected chi connectivity index (χ2v) is 9.24. The van der Waals surface area contributed by atoms with E-state index in [1.54, 1.807) is 41.3 Å². The van der Waals surface area contributed by atoms with E-state index in [0.29, 0.717) is 55.5 Å². The molecule has 2 fully saturated rings. The van der Waals surface area contributed by atoms with E-state index < -0.39 is 0 Å². The molecule has 0 N–H and O–H groups in total. The second kappa shape index (κ2) is 10.3. The van der Waals surface area contributed by atoms with Gasteiger partial charge < -0.3 is 9.80 Å². The van der Waals surface area contributed by atoms with Crippen molar-refractivity contribution >= 4 is 17.6 Å². The van der Waals surface area contributed by atoms with Gasteiger partial charge in [-0.25, -0.2) is 0 Å². The number of ketones is 1. The molecule has 2 saturated heterocycles. The Morgan fingerprint density at radius 2 is 1.52 bits per heavy atom. The van der Waals surface area contributed by atoms with Crippen molar-refractivity contribution in [3.05, 3.63) is 70.8 Å². The Morgan fingerprint density at radius 3 is 2.18 bits per heavy atom. The van der Waals surface area contributed by atoms with E-state index in [1.807, 2.05) is 24.0 Å². The van der Waals surface area contributed by atoms with Gasteiger partial charge in [-0.1, -0.05) is 48.0 Å². The maximum absolute atomic E-state index is 13.3. The number of benzene rings is 2. The van der Waals surface area contributed by atoms with E-state index >= 15 is 0 Å². The van der Waals surface area contributed by atoms with Crippen molar-refractivity contribution in [2.24, 2.45) is 0 Å². The predicted octanol–water partition coefficient (Wildman–Crippen LogP) is 3.38. The van der Waals surface area contributed by atoms with Crippen LogP contribution in [0.15, 0.2) is 48.5 Å². The monoisotopic (exact) mass is 447 g/mol. The smallest absolute Gasteiger partial charge is 0.254 e. The zero-order valence-electron chi connectivity index (χ0n) is 19.6. The largest absolute Gasteiger partial charge is 0.339 e. The predicted molar refractivity (Wildman–Crippen MR) is 128 cm³/mol. The standard InChI is InChI=1S/C27H33N3O3/c1-20-10-12-22(13-11-20)26(32)23-8-3-4-9-24(23)27(33)29-17-15-28(16-18-29)19-25(31)30-14-6-5-7-21(30)2/h3-4,8-13,21H,5-7,14-19H2,1-2H3/t21-/m1/s1. The molecule has 0 saturated carbocycles. The van der Waals surface area contributed by atoms with Gasteiger partial charge in [0.15, 0.2) is 5.78 Å². The van der Waals surface area contributed by atoms with Crippen LogP contribution in [0.3, 0.4) is 0 Å². The number of nitrogens with zero attached hydrogens (tertiary/aromatic N) is 3. The Bertz CT molecular complexity index is 1010. The number of amides is 2. The fraction of sp³-hybridized carbons (Fsp3) is 0.444. The highest BCUT2D eigenvalue weighted by Gasteiger charge is 2.29. The highest BCUT2D eigenvalue weighted by molar-refractivity contribution is 6.15. The molecule has 174 valence electrons. The minimum absolute atomic E-state index is 0.123. The van der Waals surface area contributed by atoms with Crippen molar-refractivity contribution in [2.45, 2.75) is 39.2 Å². The molecule has 1 atom stereocenters. The quantitative estimate of drug-likeness (QED) is 0.660. The minimum atomic E-state index is -0.140. The van der Waals surface area contributed by atoms with Crippen molar-refractivity contribution < 1.29 is 14.4 Å². The molecule has 0 bridgehead atoms. The maximum atomic E-state index is 13.3. The number of carbonyl (C=O) groups excluding carboxylic acids is 3. The summed E-state index contributed by atoms with van der Waals surface area (Å²) in [7, 11) is 0. The minimum Gasteiger partial charge on any atom is -0.339 e. The SMILES string of the molecule is Cc1ccc(C(=O)c2ccccc2C(=O)N2CCN(CC(=O)N3CCCC[C@H]3C)CC2)cc1. The number of likely N-dealkylation sites (tertiary alicyclic amines) is 1. The molecule has 2 aromatic carbocycles. The van der Waals surface area contributed by atoms with Gasteiger partial charge in [0.05, 0.1) is 12.1 Å². The molecule has 0 unspecified atom stereocenters. The molecule has 2 amide bonds. The molecule has 0 spiro atoms. The van der Waals surface area contributed by atoms with Crippen LogP contribution in [-0.4, -0.2) is 77.6 Å². The summed E-state index contributed by atoms with van der Waals surface area (Å²) in [5.41, 5.74) is 2.54. The zero-order chi connectivity index (χ0) is 23.4. The van der Waals surface area contributed by atoms with Crippen LogP contribution < -0.4 is 0 Å². The van der Waals surface area contributed by atoms with Crippen LogP contribution in [-0.2, 0) is 4.79 Å². The number of piperazine rings is 1. The molecule has 0 radical (unpaired) electrons. The molecule has 0 aliphatic carbocycles. The molecule has 2 aliphatic heterocycles. The van der Waals surface area contributed by atoms with Crippen molar-refractivity contribution in [3.8, 4) is 0 Å². The highest BCUT2D eigenvalue weighted by atomic mass is 16.2. The van der Waals surface area contributed by atoms with Crippen molar-refractivity contribution in [1.29, 1.82) is 0 Å². The van der Waals surface area contributed by atoms with E-state index in [0.717, 1.165) is 24.9 Å². The molecule has 6 nitrogen and oxygen atoms in total. The first-order valence-electron chi connectivity index (χ1n) is 12.0. The van der Waals surface area contributed by atoms with Gasteiger partial charge >= 0.3 is 0 Å². The van der Waals surface area contributed by atoms with E-state index in [9.17, 15) is 14.4 Å². The molecule has 4 rings (SSSR count). The van der Waals surface area contributed by atoms with Crippen molar-refractivity contribution in [3.63, 3.8) is 0 Å². The Morgan fingerprint density at radius 1 is 0.848 bits per heavy atom. The third-order valence-corrected chi connectivity index (χ3v) is 6.86. The van der Waals surface area contributed by atoms with Gasteiger partial charge in [0, 0.05) is 49.9 Å². The van der Waals surface area contributed by atoms with E-state index in [-0.39, 0.29) is 17.6 Å². The number of rotatable bonds is 5. The summed E-state index contributed by atoms with van der Waals surface area (Å²) in [5, 5.41) is 0. The van der Waals surface area contributed by atoms with E-state index in [2.05, 4.69) is 11.8 Å². The van der Waals surface area contributed by atoms with Crippen LogP contribution in [0.5, 0.6) is 0 Å². The van der Waals surface area contributed by atoms with Gasteiger partial charge in [-0.15, -0.1) is 0 Å². The summed E-state index contributed by atoms with van der Waals surface area (Å²) in [6, 6.07) is 14.8.